The van der Waals surface area contributed by atoms with Gasteiger partial charge in [0.05, 0.1) is 0 Å². The van der Waals surface area contributed by atoms with Gasteiger partial charge in [-0.15, -0.1) is 0 Å². The van der Waals surface area contributed by atoms with Crippen molar-refractivity contribution in [1.82, 2.24) is 5.32 Å². The van der Waals surface area contributed by atoms with Crippen LogP contribution in [0.25, 0.3) is 0 Å². The first-order valence-corrected chi connectivity index (χ1v) is 6.20. The summed E-state index contributed by atoms with van der Waals surface area (Å²) >= 11 is 0. The molecule has 1 atom stereocenters. The number of hydrogen-bond donors (Lipinski definition) is 1. The van der Waals surface area contributed by atoms with Crippen molar-refractivity contribution in [3.05, 3.63) is 0 Å². The predicted molar refractivity (Wildman–Crippen MR) is 65.7 cm³/mol. The van der Waals surface area contributed by atoms with Gasteiger partial charge in [-0.25, -0.2) is 0 Å². The topological polar surface area (TPSA) is 12.0 Å². The molecule has 0 aromatic carbocycles. The molecule has 0 amide bonds. The first-order chi connectivity index (χ1) is 6.45. The van der Waals surface area contributed by atoms with E-state index in [0.29, 0.717) is 0 Å². The first-order valence-electron chi connectivity index (χ1n) is 6.20. The van der Waals surface area contributed by atoms with Crippen LogP contribution in [-0.4, -0.2) is 12.1 Å². The van der Waals surface area contributed by atoms with Crippen LogP contribution in [0.1, 0.15) is 66.7 Å². The molecule has 0 aromatic rings. The first kappa shape index (κ1) is 14.0. The summed E-state index contributed by atoms with van der Waals surface area (Å²) in [5.41, 5.74) is 0.275. The molecule has 0 saturated carbocycles. The van der Waals surface area contributed by atoms with Crippen molar-refractivity contribution >= 4 is 0 Å². The van der Waals surface area contributed by atoms with E-state index in [4.69, 9.17) is 0 Å². The highest BCUT2D eigenvalue weighted by molar-refractivity contribution is 4.71. The van der Waals surface area contributed by atoms with E-state index in [-0.39, 0.29) is 5.54 Å². The Bertz CT molecular complexity index is 124. The zero-order valence-corrected chi connectivity index (χ0v) is 10.8. The molecule has 0 radical (unpaired) electrons. The maximum absolute atomic E-state index is 3.56. The molecule has 86 valence electrons. The molecule has 1 heteroatoms. The highest BCUT2D eigenvalue weighted by Crippen LogP contribution is 2.10. The molecule has 0 fully saturated rings. The largest absolute Gasteiger partial charge is 0.312 e. The lowest BCUT2D eigenvalue weighted by molar-refractivity contribution is 0.365. The van der Waals surface area contributed by atoms with Gasteiger partial charge >= 0.3 is 0 Å². The summed E-state index contributed by atoms with van der Waals surface area (Å²) in [7, 11) is 0. The molecule has 0 bridgehead atoms. The average Bonchev–Trinajstić information content (AvgIpc) is 2.08. The third-order valence-corrected chi connectivity index (χ3v) is 2.53. The number of nitrogens with one attached hydrogen (secondary N) is 1. The van der Waals surface area contributed by atoms with Gasteiger partial charge in [0.15, 0.2) is 0 Å². The number of unbranched alkanes of at least 4 members (excludes halogenated alkanes) is 3. The summed E-state index contributed by atoms with van der Waals surface area (Å²) < 4.78 is 0. The van der Waals surface area contributed by atoms with E-state index >= 15 is 0 Å². The molecular formula is C13H29N. The molecule has 0 rings (SSSR count). The number of hydrogen-bond acceptors (Lipinski definition) is 1. The maximum Gasteiger partial charge on any atom is 0.00966 e. The van der Waals surface area contributed by atoms with Gasteiger partial charge in [0.1, 0.15) is 0 Å². The van der Waals surface area contributed by atoms with Crippen LogP contribution in [-0.2, 0) is 0 Å². The van der Waals surface area contributed by atoms with Gasteiger partial charge < -0.3 is 5.32 Å². The standard InChI is InChI=1S/C13H29N/c1-6-7-8-9-10-12(2)11-14-13(3,4)5/h12,14H,6-11H2,1-5H3. The van der Waals surface area contributed by atoms with Crippen molar-refractivity contribution in [2.75, 3.05) is 6.54 Å². The predicted octanol–water partition coefficient (Wildman–Crippen LogP) is 3.98. The van der Waals surface area contributed by atoms with Crippen LogP contribution < -0.4 is 5.32 Å². The van der Waals surface area contributed by atoms with E-state index in [1.807, 2.05) is 0 Å². The molecule has 0 aliphatic carbocycles. The molecule has 1 nitrogen and oxygen atoms in total. The normalized spacial score (nSPS) is 14.4. The Balaban J connectivity index is 3.32. The minimum Gasteiger partial charge on any atom is -0.312 e. The molecule has 0 heterocycles. The van der Waals surface area contributed by atoms with Gasteiger partial charge in [-0.2, -0.15) is 0 Å². The fourth-order valence-corrected chi connectivity index (χ4v) is 1.50. The average molecular weight is 199 g/mol. The molecule has 1 unspecified atom stereocenters. The van der Waals surface area contributed by atoms with Crippen molar-refractivity contribution in [2.24, 2.45) is 5.92 Å². The van der Waals surface area contributed by atoms with Crippen LogP contribution in [0.2, 0.25) is 0 Å². The Morgan fingerprint density at radius 2 is 1.71 bits per heavy atom. The fraction of sp³-hybridized carbons (Fsp3) is 1.00. The van der Waals surface area contributed by atoms with E-state index in [0.717, 1.165) is 12.5 Å². The van der Waals surface area contributed by atoms with Gasteiger partial charge in [-0.3, -0.25) is 0 Å². The second kappa shape index (κ2) is 7.28. The van der Waals surface area contributed by atoms with Gasteiger partial charge in [0, 0.05) is 5.54 Å². The maximum atomic E-state index is 3.56. The smallest absolute Gasteiger partial charge is 0.00966 e. The zero-order valence-electron chi connectivity index (χ0n) is 10.8. The summed E-state index contributed by atoms with van der Waals surface area (Å²) in [5, 5.41) is 3.56. The van der Waals surface area contributed by atoms with Crippen molar-refractivity contribution in [3.63, 3.8) is 0 Å². The van der Waals surface area contributed by atoms with Crippen LogP contribution >= 0.6 is 0 Å². The molecular weight excluding hydrogens is 170 g/mol. The third-order valence-electron chi connectivity index (χ3n) is 2.53. The van der Waals surface area contributed by atoms with E-state index in [2.05, 4.69) is 39.9 Å². The monoisotopic (exact) mass is 199 g/mol. The molecule has 1 N–H and O–H groups in total. The second-order valence-corrected chi connectivity index (χ2v) is 5.59. The Morgan fingerprint density at radius 1 is 1.07 bits per heavy atom. The summed E-state index contributed by atoms with van der Waals surface area (Å²) in [6, 6.07) is 0. The highest BCUT2D eigenvalue weighted by atomic mass is 14.9. The van der Waals surface area contributed by atoms with Crippen LogP contribution in [0, 0.1) is 5.92 Å². The lowest BCUT2D eigenvalue weighted by Crippen LogP contribution is -2.38. The highest BCUT2D eigenvalue weighted by Gasteiger charge is 2.10. The quantitative estimate of drug-likeness (QED) is 0.612. The molecule has 0 aromatic heterocycles. The zero-order chi connectivity index (χ0) is 11.0. The molecule has 0 spiro atoms. The Hall–Kier alpha value is -0.0400. The molecule has 0 saturated heterocycles. The molecule has 14 heavy (non-hydrogen) atoms. The minimum absolute atomic E-state index is 0.275. The van der Waals surface area contributed by atoms with Gasteiger partial charge in [0.25, 0.3) is 0 Å². The van der Waals surface area contributed by atoms with E-state index in [1.54, 1.807) is 0 Å². The van der Waals surface area contributed by atoms with E-state index in [9.17, 15) is 0 Å². The van der Waals surface area contributed by atoms with Crippen LogP contribution in [0.5, 0.6) is 0 Å². The van der Waals surface area contributed by atoms with E-state index < -0.39 is 0 Å². The Labute approximate surface area is 90.7 Å². The summed E-state index contributed by atoms with van der Waals surface area (Å²) in [5.74, 6) is 0.825. The van der Waals surface area contributed by atoms with Gasteiger partial charge in [-0.1, -0.05) is 39.5 Å². The van der Waals surface area contributed by atoms with Crippen molar-refractivity contribution in [2.45, 2.75) is 72.3 Å². The Kier molecular flexibility index (Phi) is 7.26. The molecule has 0 aliphatic heterocycles. The van der Waals surface area contributed by atoms with Crippen LogP contribution in [0.15, 0.2) is 0 Å². The second-order valence-electron chi connectivity index (χ2n) is 5.59. The fourth-order valence-electron chi connectivity index (χ4n) is 1.50. The van der Waals surface area contributed by atoms with E-state index in [1.165, 1.54) is 32.1 Å². The van der Waals surface area contributed by atoms with Crippen molar-refractivity contribution < 1.29 is 0 Å². The van der Waals surface area contributed by atoms with Crippen molar-refractivity contribution in [3.8, 4) is 0 Å². The summed E-state index contributed by atoms with van der Waals surface area (Å²) in [6.07, 6.45) is 6.94. The van der Waals surface area contributed by atoms with Gasteiger partial charge in [0.2, 0.25) is 0 Å². The Morgan fingerprint density at radius 3 is 2.21 bits per heavy atom. The van der Waals surface area contributed by atoms with Crippen molar-refractivity contribution in [1.29, 1.82) is 0 Å². The molecule has 0 aliphatic rings. The van der Waals surface area contributed by atoms with Gasteiger partial charge in [-0.05, 0) is 39.7 Å². The lowest BCUT2D eigenvalue weighted by Gasteiger charge is -2.23. The van der Waals surface area contributed by atoms with Crippen LogP contribution in [0.4, 0.5) is 0 Å². The lowest BCUT2D eigenvalue weighted by atomic mass is 10.0. The van der Waals surface area contributed by atoms with Crippen LogP contribution in [0.3, 0.4) is 0 Å². The SMILES string of the molecule is CCCCCCC(C)CNC(C)(C)C. The number of rotatable bonds is 7. The third kappa shape index (κ3) is 10.0. The summed E-state index contributed by atoms with van der Waals surface area (Å²) in [4.78, 5) is 0. The summed E-state index contributed by atoms with van der Waals surface area (Å²) in [6.45, 7) is 12.5. The minimum atomic E-state index is 0.275.